The van der Waals surface area contributed by atoms with E-state index in [0.717, 1.165) is 0 Å². The number of carbonyl (C=O) groups is 1. The molecule has 2 unspecified atom stereocenters. The summed E-state index contributed by atoms with van der Waals surface area (Å²) in [5.74, 6) is 0.866. The summed E-state index contributed by atoms with van der Waals surface area (Å²) in [7, 11) is 1.88. The van der Waals surface area contributed by atoms with Gasteiger partial charge in [0.15, 0.2) is 0 Å². The van der Waals surface area contributed by atoms with Crippen LogP contribution in [-0.4, -0.2) is 32.1 Å². The number of hydrogen-bond donors (Lipinski definition) is 1. The van der Waals surface area contributed by atoms with Gasteiger partial charge < -0.3 is 10.1 Å². The molecule has 0 spiro atoms. The molecule has 3 heteroatoms. The van der Waals surface area contributed by atoms with Crippen molar-refractivity contribution in [2.75, 3.05) is 20.3 Å². The number of Topliss-reactive ketones (excluding diaryl/α,β-unsaturated/α-hetero) is 1. The van der Waals surface area contributed by atoms with E-state index in [-0.39, 0.29) is 12.0 Å². The molecule has 0 aliphatic carbocycles. The quantitative estimate of drug-likeness (QED) is 0.705. The lowest BCUT2D eigenvalue weighted by Gasteiger charge is -2.16. The number of hydrogen-bond acceptors (Lipinski definition) is 3. The molecule has 3 nitrogen and oxygen atoms in total. The predicted molar refractivity (Wildman–Crippen MR) is 51.6 cm³/mol. The average molecular weight is 185 g/mol. The molecular formula is C10H19NO2. The minimum Gasteiger partial charge on any atom is -0.379 e. The van der Waals surface area contributed by atoms with E-state index in [9.17, 15) is 4.79 Å². The fourth-order valence-corrected chi connectivity index (χ4v) is 1.71. The van der Waals surface area contributed by atoms with Crippen molar-refractivity contribution in [2.24, 2.45) is 11.8 Å². The van der Waals surface area contributed by atoms with Gasteiger partial charge in [-0.25, -0.2) is 0 Å². The van der Waals surface area contributed by atoms with Crippen molar-refractivity contribution in [3.8, 4) is 0 Å². The summed E-state index contributed by atoms with van der Waals surface area (Å²) in [5.41, 5.74) is 0. The molecule has 1 saturated heterocycles. The molecule has 0 aromatic heterocycles. The smallest absolute Gasteiger partial charge is 0.140 e. The first-order valence-corrected chi connectivity index (χ1v) is 4.93. The molecule has 1 N–H and O–H groups in total. The maximum atomic E-state index is 11.7. The fraction of sp³-hybridized carbons (Fsp3) is 0.900. The van der Waals surface area contributed by atoms with Crippen LogP contribution in [0, 0.1) is 11.8 Å². The summed E-state index contributed by atoms with van der Waals surface area (Å²) in [6.45, 7) is 5.41. The van der Waals surface area contributed by atoms with Gasteiger partial charge in [-0.2, -0.15) is 0 Å². The SMILES string of the molecule is CNC1COCC1C(=O)CC(C)C. The van der Waals surface area contributed by atoms with E-state index in [1.165, 1.54) is 0 Å². The highest BCUT2D eigenvalue weighted by atomic mass is 16.5. The van der Waals surface area contributed by atoms with Crippen LogP contribution in [0.1, 0.15) is 20.3 Å². The van der Waals surface area contributed by atoms with E-state index in [1.807, 2.05) is 7.05 Å². The van der Waals surface area contributed by atoms with E-state index in [4.69, 9.17) is 4.74 Å². The molecule has 0 aromatic carbocycles. The summed E-state index contributed by atoms with van der Waals surface area (Å²) in [4.78, 5) is 11.7. The highest BCUT2D eigenvalue weighted by Crippen LogP contribution is 2.18. The van der Waals surface area contributed by atoms with E-state index in [0.29, 0.717) is 31.3 Å². The van der Waals surface area contributed by atoms with Gasteiger partial charge in [-0.05, 0) is 13.0 Å². The van der Waals surface area contributed by atoms with Crippen molar-refractivity contribution in [2.45, 2.75) is 26.3 Å². The molecule has 1 rings (SSSR count). The van der Waals surface area contributed by atoms with Gasteiger partial charge in [0, 0.05) is 12.5 Å². The van der Waals surface area contributed by atoms with Crippen LogP contribution < -0.4 is 5.32 Å². The summed E-state index contributed by atoms with van der Waals surface area (Å²) < 4.78 is 5.28. The molecule has 0 amide bonds. The van der Waals surface area contributed by atoms with Gasteiger partial charge in [-0.3, -0.25) is 4.79 Å². The van der Waals surface area contributed by atoms with Gasteiger partial charge >= 0.3 is 0 Å². The molecule has 0 aromatic rings. The van der Waals surface area contributed by atoms with Gasteiger partial charge in [0.1, 0.15) is 5.78 Å². The minimum atomic E-state index is 0.0763. The molecule has 76 valence electrons. The maximum absolute atomic E-state index is 11.7. The van der Waals surface area contributed by atoms with E-state index >= 15 is 0 Å². The highest BCUT2D eigenvalue weighted by molar-refractivity contribution is 5.82. The molecule has 0 radical (unpaired) electrons. The first kappa shape index (κ1) is 10.7. The van der Waals surface area contributed by atoms with Gasteiger partial charge in [0.2, 0.25) is 0 Å². The van der Waals surface area contributed by atoms with Crippen LogP contribution >= 0.6 is 0 Å². The molecule has 13 heavy (non-hydrogen) atoms. The summed E-state index contributed by atoms with van der Waals surface area (Å²) in [6.07, 6.45) is 0.673. The monoisotopic (exact) mass is 185 g/mol. The van der Waals surface area contributed by atoms with Crippen molar-refractivity contribution in [1.29, 1.82) is 0 Å². The summed E-state index contributed by atoms with van der Waals surface area (Å²) in [6, 6.07) is 0.228. The van der Waals surface area contributed by atoms with Gasteiger partial charge in [0.25, 0.3) is 0 Å². The third-order valence-corrected chi connectivity index (χ3v) is 2.47. The zero-order valence-corrected chi connectivity index (χ0v) is 8.67. The molecule has 1 aliphatic heterocycles. The molecule has 1 heterocycles. The van der Waals surface area contributed by atoms with Crippen LogP contribution in [0.3, 0.4) is 0 Å². The third-order valence-electron chi connectivity index (χ3n) is 2.47. The Hall–Kier alpha value is -0.410. The van der Waals surface area contributed by atoms with E-state index < -0.39 is 0 Å². The molecule has 0 bridgehead atoms. The number of nitrogens with one attached hydrogen (secondary N) is 1. The lowest BCUT2D eigenvalue weighted by Crippen LogP contribution is -2.37. The molecule has 1 fully saturated rings. The van der Waals surface area contributed by atoms with Crippen LogP contribution in [0.5, 0.6) is 0 Å². The largest absolute Gasteiger partial charge is 0.379 e. The number of ketones is 1. The third kappa shape index (κ3) is 2.78. The Balaban J connectivity index is 2.45. The highest BCUT2D eigenvalue weighted by Gasteiger charge is 2.32. The Kier molecular flexibility index (Phi) is 3.88. The zero-order valence-electron chi connectivity index (χ0n) is 8.67. The topological polar surface area (TPSA) is 38.3 Å². The van der Waals surface area contributed by atoms with Gasteiger partial charge in [-0.15, -0.1) is 0 Å². The number of ether oxygens (including phenoxy) is 1. The van der Waals surface area contributed by atoms with Gasteiger partial charge in [-0.1, -0.05) is 13.8 Å². The Bertz CT molecular complexity index is 180. The standard InChI is InChI=1S/C10H19NO2/c1-7(2)4-10(12)8-5-13-6-9(8)11-3/h7-9,11H,4-6H2,1-3H3. The lowest BCUT2D eigenvalue weighted by atomic mass is 9.93. The summed E-state index contributed by atoms with van der Waals surface area (Å²) >= 11 is 0. The van der Waals surface area contributed by atoms with Crippen molar-refractivity contribution in [3.05, 3.63) is 0 Å². The van der Waals surface area contributed by atoms with Crippen LogP contribution in [0.2, 0.25) is 0 Å². The van der Waals surface area contributed by atoms with Crippen LogP contribution in [0.25, 0.3) is 0 Å². The van der Waals surface area contributed by atoms with Crippen LogP contribution in [-0.2, 0) is 9.53 Å². The Morgan fingerprint density at radius 2 is 2.23 bits per heavy atom. The number of rotatable bonds is 4. The Labute approximate surface area is 79.8 Å². The Morgan fingerprint density at radius 3 is 2.77 bits per heavy atom. The second-order valence-corrected chi connectivity index (χ2v) is 4.10. The van der Waals surface area contributed by atoms with Crippen molar-refractivity contribution >= 4 is 5.78 Å². The second-order valence-electron chi connectivity index (χ2n) is 4.10. The van der Waals surface area contributed by atoms with Crippen LogP contribution in [0.4, 0.5) is 0 Å². The van der Waals surface area contributed by atoms with Crippen molar-refractivity contribution in [3.63, 3.8) is 0 Å². The Morgan fingerprint density at radius 1 is 1.54 bits per heavy atom. The number of likely N-dealkylation sites (N-methyl/N-ethyl adjacent to an activating group) is 1. The molecular weight excluding hydrogens is 166 g/mol. The normalized spacial score (nSPS) is 28.3. The van der Waals surface area contributed by atoms with Crippen molar-refractivity contribution < 1.29 is 9.53 Å². The number of carbonyl (C=O) groups excluding carboxylic acids is 1. The second kappa shape index (κ2) is 4.72. The lowest BCUT2D eigenvalue weighted by molar-refractivity contribution is -0.124. The molecule has 0 saturated carbocycles. The minimum absolute atomic E-state index is 0.0763. The fourth-order valence-electron chi connectivity index (χ4n) is 1.71. The van der Waals surface area contributed by atoms with E-state index in [2.05, 4.69) is 19.2 Å². The predicted octanol–water partition coefficient (Wildman–Crippen LogP) is 0.836. The first-order chi connectivity index (χ1) is 6.15. The summed E-state index contributed by atoms with van der Waals surface area (Å²) in [5, 5.41) is 3.12. The van der Waals surface area contributed by atoms with E-state index in [1.54, 1.807) is 0 Å². The van der Waals surface area contributed by atoms with Crippen LogP contribution in [0.15, 0.2) is 0 Å². The van der Waals surface area contributed by atoms with Crippen molar-refractivity contribution in [1.82, 2.24) is 5.32 Å². The average Bonchev–Trinajstić information content (AvgIpc) is 2.49. The molecule has 1 aliphatic rings. The first-order valence-electron chi connectivity index (χ1n) is 4.93. The molecule has 2 atom stereocenters. The maximum Gasteiger partial charge on any atom is 0.140 e. The van der Waals surface area contributed by atoms with Gasteiger partial charge in [0.05, 0.1) is 19.1 Å². The zero-order chi connectivity index (χ0) is 9.84.